The summed E-state index contributed by atoms with van der Waals surface area (Å²) in [5, 5.41) is 9.96. The molecule has 1 aliphatic heterocycles. The van der Waals surface area contributed by atoms with Gasteiger partial charge in [0.1, 0.15) is 5.75 Å². The molecule has 6 unspecified atom stereocenters. The third kappa shape index (κ3) is 3.42. The van der Waals surface area contributed by atoms with Gasteiger partial charge in [0.25, 0.3) is 0 Å². The van der Waals surface area contributed by atoms with E-state index in [-0.39, 0.29) is 0 Å². The van der Waals surface area contributed by atoms with E-state index in [1.165, 1.54) is 56.2 Å². The van der Waals surface area contributed by atoms with Gasteiger partial charge in [0.2, 0.25) is 0 Å². The van der Waals surface area contributed by atoms with Crippen molar-refractivity contribution in [1.29, 1.82) is 0 Å². The molecule has 1 aromatic rings. The highest BCUT2D eigenvalue weighted by molar-refractivity contribution is 5.41. The molecule has 3 nitrogen and oxygen atoms in total. The number of benzene rings is 1. The summed E-state index contributed by atoms with van der Waals surface area (Å²) in [6.07, 6.45) is 11.3. The van der Waals surface area contributed by atoms with Gasteiger partial charge in [0.05, 0.1) is 13.2 Å². The number of fused-ring (bicyclic) bond motifs is 5. The first-order chi connectivity index (χ1) is 14.5. The zero-order valence-electron chi connectivity index (χ0n) is 19.1. The molecule has 0 amide bonds. The molecule has 3 fully saturated rings. The molecule has 3 heteroatoms. The van der Waals surface area contributed by atoms with Gasteiger partial charge in [-0.3, -0.25) is 0 Å². The predicted molar refractivity (Wildman–Crippen MR) is 122 cm³/mol. The van der Waals surface area contributed by atoms with Gasteiger partial charge >= 0.3 is 0 Å². The van der Waals surface area contributed by atoms with Gasteiger partial charge in [-0.1, -0.05) is 31.6 Å². The average Bonchev–Trinajstić information content (AvgIpc) is 3.27. The summed E-state index contributed by atoms with van der Waals surface area (Å²) in [5.74, 6) is 3.37. The Balaban J connectivity index is 1.29. The van der Waals surface area contributed by atoms with Crippen LogP contribution in [0.2, 0.25) is 0 Å². The van der Waals surface area contributed by atoms with Crippen LogP contribution in [0.15, 0.2) is 29.8 Å². The Labute approximate surface area is 182 Å². The molecule has 1 N–H and O–H groups in total. The normalized spacial score (nSPS) is 39.7. The molecule has 3 aliphatic carbocycles. The van der Waals surface area contributed by atoms with E-state index < -0.39 is 0 Å². The van der Waals surface area contributed by atoms with Crippen molar-refractivity contribution >= 4 is 0 Å². The zero-order valence-corrected chi connectivity index (χ0v) is 19.1. The average molecular weight is 410 g/mol. The molecule has 5 rings (SSSR count). The minimum absolute atomic E-state index is 0.358. The van der Waals surface area contributed by atoms with Crippen molar-refractivity contribution in [1.82, 2.24) is 4.90 Å². The maximum Gasteiger partial charge on any atom is 0.115 e. The third-order valence-corrected chi connectivity index (χ3v) is 9.33. The van der Waals surface area contributed by atoms with Crippen LogP contribution < -0.4 is 0 Å². The number of likely N-dealkylation sites (tertiary alicyclic amines) is 1. The summed E-state index contributed by atoms with van der Waals surface area (Å²) in [4.78, 5) is 2.45. The van der Waals surface area contributed by atoms with Crippen molar-refractivity contribution in [2.45, 2.75) is 70.8 Å². The number of likely N-dealkylation sites (N-methyl/N-ethyl adjacent to an activating group) is 1. The highest BCUT2D eigenvalue weighted by atomic mass is 16.5. The van der Waals surface area contributed by atoms with Gasteiger partial charge in [0.15, 0.2) is 0 Å². The summed E-state index contributed by atoms with van der Waals surface area (Å²) >= 11 is 0. The molecule has 0 aromatic heterocycles. The van der Waals surface area contributed by atoms with Gasteiger partial charge < -0.3 is 14.7 Å². The van der Waals surface area contributed by atoms with Crippen LogP contribution in [0.4, 0.5) is 0 Å². The summed E-state index contributed by atoms with van der Waals surface area (Å²) < 4.78 is 6.12. The van der Waals surface area contributed by atoms with E-state index in [1.807, 2.05) is 12.1 Å². The van der Waals surface area contributed by atoms with Gasteiger partial charge in [-0.2, -0.15) is 0 Å². The minimum atomic E-state index is 0.358. The van der Waals surface area contributed by atoms with Crippen LogP contribution in [0, 0.1) is 23.2 Å². The lowest BCUT2D eigenvalue weighted by Crippen LogP contribution is -2.43. The number of rotatable bonds is 4. The number of ether oxygens (including phenoxy) is 1. The van der Waals surface area contributed by atoms with E-state index in [4.69, 9.17) is 4.74 Å². The van der Waals surface area contributed by atoms with E-state index in [0.717, 1.165) is 31.5 Å². The van der Waals surface area contributed by atoms with E-state index in [9.17, 15) is 5.11 Å². The standard InChI is InChI=1S/C27H39NO2/c1-18-15-19-16-22(29)7-8-23(19)24-10-12-27(2)20(6-9-25(27)26(18)24)11-14-30-17-21-5-4-13-28(21)3/h7-8,11,16,18,21,24-26,29H,4-6,9-10,12-15,17H2,1-3H3/b20-11+. The molecule has 0 bridgehead atoms. The van der Waals surface area contributed by atoms with Crippen LogP contribution in [0.1, 0.15) is 69.4 Å². The summed E-state index contributed by atoms with van der Waals surface area (Å²) in [6, 6.07) is 6.76. The van der Waals surface area contributed by atoms with Crippen LogP contribution in [0.5, 0.6) is 5.75 Å². The summed E-state index contributed by atoms with van der Waals surface area (Å²) in [5.41, 5.74) is 4.96. The molecular weight excluding hydrogens is 370 g/mol. The van der Waals surface area contributed by atoms with Crippen molar-refractivity contribution < 1.29 is 9.84 Å². The van der Waals surface area contributed by atoms with Crippen LogP contribution >= 0.6 is 0 Å². The van der Waals surface area contributed by atoms with E-state index in [2.05, 4.69) is 37.9 Å². The number of hydrogen-bond donors (Lipinski definition) is 1. The summed E-state index contributed by atoms with van der Waals surface area (Å²) in [6.45, 7) is 7.90. The lowest BCUT2D eigenvalue weighted by Gasteiger charge is -2.52. The second kappa shape index (κ2) is 7.98. The zero-order chi connectivity index (χ0) is 20.9. The number of hydrogen-bond acceptors (Lipinski definition) is 3. The molecule has 4 aliphatic rings. The fraction of sp³-hybridized carbons (Fsp3) is 0.704. The first kappa shape index (κ1) is 20.6. The van der Waals surface area contributed by atoms with Gasteiger partial charge in [0, 0.05) is 6.04 Å². The molecule has 2 saturated carbocycles. The predicted octanol–water partition coefficient (Wildman–Crippen LogP) is 5.53. The second-order valence-electron chi connectivity index (χ2n) is 10.9. The minimum Gasteiger partial charge on any atom is -0.508 e. The van der Waals surface area contributed by atoms with Crippen molar-refractivity contribution in [2.24, 2.45) is 23.2 Å². The molecule has 1 aromatic carbocycles. The lowest BCUT2D eigenvalue weighted by molar-refractivity contribution is 0.0481. The van der Waals surface area contributed by atoms with Crippen LogP contribution in [-0.2, 0) is 11.2 Å². The van der Waals surface area contributed by atoms with Crippen molar-refractivity contribution in [3.8, 4) is 5.75 Å². The molecular formula is C27H39NO2. The molecule has 0 radical (unpaired) electrons. The monoisotopic (exact) mass is 409 g/mol. The Morgan fingerprint density at radius 2 is 2.13 bits per heavy atom. The van der Waals surface area contributed by atoms with Crippen LogP contribution in [-0.4, -0.2) is 42.9 Å². The number of phenolic OH excluding ortho intramolecular Hbond substituents is 1. The highest BCUT2D eigenvalue weighted by Gasteiger charge is 2.54. The van der Waals surface area contributed by atoms with Gasteiger partial charge in [-0.25, -0.2) is 0 Å². The lowest BCUT2D eigenvalue weighted by atomic mass is 9.52. The topological polar surface area (TPSA) is 32.7 Å². The van der Waals surface area contributed by atoms with Crippen molar-refractivity contribution in [3.05, 3.63) is 41.0 Å². The fourth-order valence-corrected chi connectivity index (χ4v) is 7.70. The molecule has 1 heterocycles. The highest BCUT2D eigenvalue weighted by Crippen LogP contribution is 2.63. The molecule has 6 atom stereocenters. The smallest absolute Gasteiger partial charge is 0.115 e. The maximum atomic E-state index is 9.96. The van der Waals surface area contributed by atoms with Crippen LogP contribution in [0.3, 0.4) is 0 Å². The molecule has 0 spiro atoms. The Morgan fingerprint density at radius 3 is 2.93 bits per heavy atom. The second-order valence-corrected chi connectivity index (χ2v) is 10.9. The number of nitrogens with zero attached hydrogens (tertiary/aromatic N) is 1. The first-order valence-electron chi connectivity index (χ1n) is 12.3. The number of phenols is 1. The first-order valence-corrected chi connectivity index (χ1v) is 12.3. The van der Waals surface area contributed by atoms with E-state index in [0.29, 0.717) is 29.0 Å². The van der Waals surface area contributed by atoms with Crippen LogP contribution in [0.25, 0.3) is 0 Å². The Kier molecular flexibility index (Phi) is 5.48. The molecule has 30 heavy (non-hydrogen) atoms. The Morgan fingerprint density at radius 1 is 1.27 bits per heavy atom. The Hall–Kier alpha value is -1.32. The largest absolute Gasteiger partial charge is 0.508 e. The van der Waals surface area contributed by atoms with Gasteiger partial charge in [-0.15, -0.1) is 0 Å². The van der Waals surface area contributed by atoms with E-state index in [1.54, 1.807) is 5.57 Å². The quantitative estimate of drug-likeness (QED) is 0.524. The molecule has 164 valence electrons. The van der Waals surface area contributed by atoms with Gasteiger partial charge in [-0.05, 0) is 111 Å². The molecule has 1 saturated heterocycles. The van der Waals surface area contributed by atoms with E-state index >= 15 is 0 Å². The number of allylic oxidation sites excluding steroid dienone is 1. The number of aromatic hydroxyl groups is 1. The fourth-order valence-electron chi connectivity index (χ4n) is 7.70. The SMILES string of the molecule is CC1Cc2cc(O)ccc2C2CCC3(C)/C(=C/COCC4CCCN4C)CCC3C12. The van der Waals surface area contributed by atoms with Crippen molar-refractivity contribution in [2.75, 3.05) is 26.8 Å². The van der Waals surface area contributed by atoms with Crippen molar-refractivity contribution in [3.63, 3.8) is 0 Å². The maximum absolute atomic E-state index is 9.96. The third-order valence-electron chi connectivity index (χ3n) is 9.33. The summed E-state index contributed by atoms with van der Waals surface area (Å²) in [7, 11) is 2.23. The Bertz CT molecular complexity index is 817.